The number of rotatable bonds is 3. The lowest BCUT2D eigenvalue weighted by Crippen LogP contribution is -2.43. The van der Waals surface area contributed by atoms with Gasteiger partial charge in [0, 0.05) is 29.1 Å². The van der Waals surface area contributed by atoms with Gasteiger partial charge in [-0.25, -0.2) is 4.98 Å². The number of halogens is 3. The maximum atomic E-state index is 5.93. The highest BCUT2D eigenvalue weighted by atomic mass is 79.9. The van der Waals surface area contributed by atoms with E-state index in [-0.39, 0.29) is 5.54 Å². The monoisotopic (exact) mass is 354 g/mol. The number of hydrogen-bond acceptors (Lipinski definition) is 2. The van der Waals surface area contributed by atoms with Crippen molar-refractivity contribution in [1.82, 2.24) is 4.98 Å². The van der Waals surface area contributed by atoms with Crippen LogP contribution in [-0.4, -0.2) is 23.5 Å². The molecule has 15 heavy (non-hydrogen) atoms. The number of hydrogen-bond donors (Lipinski definition) is 0. The first kappa shape index (κ1) is 13.3. The average Bonchev–Trinajstić information content (AvgIpc) is 2.17. The maximum absolute atomic E-state index is 5.93. The van der Waals surface area contributed by atoms with Gasteiger partial charge in [-0.05, 0) is 51.8 Å². The normalized spacial score (nSPS) is 11.6. The van der Waals surface area contributed by atoms with Crippen LogP contribution in [0.4, 0.5) is 5.82 Å². The fourth-order valence-corrected chi connectivity index (χ4v) is 2.46. The molecule has 0 fully saturated rings. The zero-order valence-electron chi connectivity index (χ0n) is 8.89. The van der Waals surface area contributed by atoms with E-state index in [4.69, 9.17) is 11.6 Å². The van der Waals surface area contributed by atoms with E-state index in [0.717, 1.165) is 14.8 Å². The summed E-state index contributed by atoms with van der Waals surface area (Å²) in [7, 11) is 1.99. The first-order valence-corrected chi connectivity index (χ1v) is 6.61. The smallest absolute Gasteiger partial charge is 0.143 e. The first-order valence-electron chi connectivity index (χ1n) is 4.49. The van der Waals surface area contributed by atoms with Gasteiger partial charge < -0.3 is 4.90 Å². The van der Waals surface area contributed by atoms with E-state index in [9.17, 15) is 0 Å². The van der Waals surface area contributed by atoms with Crippen LogP contribution in [0.1, 0.15) is 13.8 Å². The third-order valence-corrected chi connectivity index (χ3v) is 4.01. The van der Waals surface area contributed by atoms with Gasteiger partial charge in [-0.15, -0.1) is 11.6 Å². The minimum atomic E-state index is -0.120. The molecular weight excluding hydrogens is 343 g/mol. The Labute approximate surface area is 112 Å². The second-order valence-electron chi connectivity index (χ2n) is 3.96. The Bertz CT molecular complexity index is 355. The molecule has 0 atom stereocenters. The molecule has 84 valence electrons. The number of nitrogens with zero attached hydrogens (tertiary/aromatic N) is 2. The van der Waals surface area contributed by atoms with Crippen molar-refractivity contribution in [2.45, 2.75) is 19.4 Å². The SMILES string of the molecule is CN(c1ncc(Br)cc1Br)C(C)(C)CCl. The molecule has 2 nitrogen and oxygen atoms in total. The molecule has 0 N–H and O–H groups in total. The Balaban J connectivity index is 3.06. The lowest BCUT2D eigenvalue weighted by atomic mass is 10.1. The average molecular weight is 356 g/mol. The molecule has 0 bridgehead atoms. The van der Waals surface area contributed by atoms with Crippen molar-refractivity contribution in [3.05, 3.63) is 21.2 Å². The lowest BCUT2D eigenvalue weighted by molar-refractivity contribution is 0.539. The van der Waals surface area contributed by atoms with Gasteiger partial charge in [0.2, 0.25) is 0 Å². The Hall–Kier alpha value is 0.200. The van der Waals surface area contributed by atoms with E-state index in [1.54, 1.807) is 6.20 Å². The van der Waals surface area contributed by atoms with E-state index in [0.29, 0.717) is 5.88 Å². The van der Waals surface area contributed by atoms with Gasteiger partial charge in [-0.3, -0.25) is 0 Å². The molecule has 0 aliphatic carbocycles. The van der Waals surface area contributed by atoms with Crippen molar-refractivity contribution in [2.24, 2.45) is 0 Å². The molecule has 1 aromatic rings. The molecule has 1 aromatic heterocycles. The van der Waals surface area contributed by atoms with Crippen LogP contribution in [0, 0.1) is 0 Å². The first-order chi connectivity index (χ1) is 6.88. The van der Waals surface area contributed by atoms with Crippen LogP contribution in [0.15, 0.2) is 21.2 Å². The second-order valence-corrected chi connectivity index (χ2v) is 6.00. The molecule has 0 saturated heterocycles. The van der Waals surface area contributed by atoms with Gasteiger partial charge in [0.1, 0.15) is 5.82 Å². The van der Waals surface area contributed by atoms with Crippen LogP contribution in [0.3, 0.4) is 0 Å². The van der Waals surface area contributed by atoms with Gasteiger partial charge in [-0.1, -0.05) is 0 Å². The molecule has 0 spiro atoms. The van der Waals surface area contributed by atoms with Gasteiger partial charge in [0.05, 0.1) is 4.47 Å². The summed E-state index contributed by atoms with van der Waals surface area (Å²) in [5.74, 6) is 1.44. The standard InChI is InChI=1S/C10H13Br2ClN2/c1-10(2,6-13)15(3)9-8(12)4-7(11)5-14-9/h4-5H,6H2,1-3H3. The van der Waals surface area contributed by atoms with Gasteiger partial charge in [-0.2, -0.15) is 0 Å². The number of alkyl halides is 1. The second kappa shape index (κ2) is 5.02. The molecule has 0 amide bonds. The number of aromatic nitrogens is 1. The van der Waals surface area contributed by atoms with Crippen molar-refractivity contribution in [3.63, 3.8) is 0 Å². The predicted molar refractivity (Wildman–Crippen MR) is 72.8 cm³/mol. The molecule has 0 unspecified atom stereocenters. The van der Waals surface area contributed by atoms with E-state index in [1.165, 1.54) is 0 Å². The Kier molecular flexibility index (Phi) is 4.44. The van der Waals surface area contributed by atoms with Gasteiger partial charge in [0.25, 0.3) is 0 Å². The van der Waals surface area contributed by atoms with E-state index < -0.39 is 0 Å². The molecule has 0 radical (unpaired) electrons. The third kappa shape index (κ3) is 3.08. The highest BCUT2D eigenvalue weighted by Gasteiger charge is 2.24. The maximum Gasteiger partial charge on any atom is 0.143 e. The molecule has 5 heteroatoms. The minimum absolute atomic E-state index is 0.120. The highest BCUT2D eigenvalue weighted by Crippen LogP contribution is 2.30. The van der Waals surface area contributed by atoms with Crippen molar-refractivity contribution in [3.8, 4) is 0 Å². The molecule has 0 saturated carbocycles. The molecule has 1 rings (SSSR count). The predicted octanol–water partition coefficient (Wildman–Crippen LogP) is 4.06. The van der Waals surface area contributed by atoms with E-state index in [2.05, 4.69) is 55.6 Å². The summed E-state index contributed by atoms with van der Waals surface area (Å²) in [4.78, 5) is 6.43. The van der Waals surface area contributed by atoms with Crippen LogP contribution in [0.5, 0.6) is 0 Å². The summed E-state index contributed by atoms with van der Waals surface area (Å²) in [5, 5.41) is 0. The summed E-state index contributed by atoms with van der Waals surface area (Å²) in [5.41, 5.74) is -0.120. The molecule has 1 heterocycles. The Morgan fingerprint density at radius 1 is 1.47 bits per heavy atom. The van der Waals surface area contributed by atoms with Gasteiger partial charge in [0.15, 0.2) is 0 Å². The van der Waals surface area contributed by atoms with Crippen LogP contribution < -0.4 is 4.90 Å². The van der Waals surface area contributed by atoms with Crippen molar-refractivity contribution >= 4 is 49.3 Å². The molecular formula is C10H13Br2ClN2. The molecule has 0 aliphatic heterocycles. The van der Waals surface area contributed by atoms with Crippen molar-refractivity contribution in [2.75, 3.05) is 17.8 Å². The van der Waals surface area contributed by atoms with E-state index >= 15 is 0 Å². The minimum Gasteiger partial charge on any atom is -0.352 e. The fraction of sp³-hybridized carbons (Fsp3) is 0.500. The summed E-state index contributed by atoms with van der Waals surface area (Å²) in [6, 6.07) is 1.98. The van der Waals surface area contributed by atoms with Gasteiger partial charge >= 0.3 is 0 Å². The number of anilines is 1. The van der Waals surface area contributed by atoms with E-state index in [1.807, 2.05) is 13.1 Å². The lowest BCUT2D eigenvalue weighted by Gasteiger charge is -2.35. The van der Waals surface area contributed by atoms with Crippen LogP contribution in [0.2, 0.25) is 0 Å². The Morgan fingerprint density at radius 2 is 2.07 bits per heavy atom. The summed E-state index contributed by atoms with van der Waals surface area (Å²) in [6.07, 6.45) is 1.78. The number of pyridine rings is 1. The topological polar surface area (TPSA) is 16.1 Å². The summed E-state index contributed by atoms with van der Waals surface area (Å²) >= 11 is 12.8. The summed E-state index contributed by atoms with van der Waals surface area (Å²) < 4.78 is 1.91. The zero-order valence-corrected chi connectivity index (χ0v) is 12.8. The van der Waals surface area contributed by atoms with Crippen LogP contribution >= 0.6 is 43.5 Å². The zero-order chi connectivity index (χ0) is 11.6. The fourth-order valence-electron chi connectivity index (χ4n) is 1.03. The van der Waals surface area contributed by atoms with Crippen LogP contribution in [-0.2, 0) is 0 Å². The molecule has 0 aromatic carbocycles. The quantitative estimate of drug-likeness (QED) is 0.759. The van der Waals surface area contributed by atoms with Crippen LogP contribution in [0.25, 0.3) is 0 Å². The Morgan fingerprint density at radius 3 is 2.53 bits per heavy atom. The highest BCUT2D eigenvalue weighted by molar-refractivity contribution is 9.11. The largest absolute Gasteiger partial charge is 0.352 e. The molecule has 0 aliphatic rings. The summed E-state index contributed by atoms with van der Waals surface area (Å²) in [6.45, 7) is 4.16. The van der Waals surface area contributed by atoms with Crippen molar-refractivity contribution < 1.29 is 0 Å². The third-order valence-electron chi connectivity index (χ3n) is 2.34. The van der Waals surface area contributed by atoms with Crippen molar-refractivity contribution in [1.29, 1.82) is 0 Å².